The van der Waals surface area contributed by atoms with E-state index in [1.54, 1.807) is 10.8 Å². The van der Waals surface area contributed by atoms with Crippen molar-refractivity contribution >= 4 is 40.6 Å². The van der Waals surface area contributed by atoms with Crippen LogP contribution >= 0.6 is 22.9 Å². The normalized spacial score (nSPS) is 9.62. The number of nitrogens with one attached hydrogen (secondary N) is 2. The summed E-state index contributed by atoms with van der Waals surface area (Å²) in [6.45, 7) is 0.366. The number of thiophene rings is 1. The number of carbonyl (C=O) groups is 2. The number of esters is 1. The molecule has 1 aromatic rings. The molecule has 0 saturated carbocycles. The van der Waals surface area contributed by atoms with Crippen molar-refractivity contribution in [3.05, 3.63) is 16.3 Å². The zero-order chi connectivity index (χ0) is 12.0. The van der Waals surface area contributed by atoms with Gasteiger partial charge in [-0.05, 0) is 0 Å². The van der Waals surface area contributed by atoms with E-state index in [-0.39, 0.29) is 0 Å². The molecule has 2 N–H and O–H groups in total. The van der Waals surface area contributed by atoms with Crippen molar-refractivity contribution in [1.29, 1.82) is 0 Å². The molecule has 7 heteroatoms. The van der Waals surface area contributed by atoms with Crippen LogP contribution in [-0.2, 0) is 4.74 Å². The quantitative estimate of drug-likeness (QED) is 0.643. The number of carbonyl (C=O) groups excluding carboxylic acids is 2. The van der Waals surface area contributed by atoms with E-state index in [0.717, 1.165) is 0 Å². The molecular formula is C9H11ClN2O3S. The maximum Gasteiger partial charge on any atom is 0.340 e. The lowest BCUT2D eigenvalue weighted by Crippen LogP contribution is -2.30. The Morgan fingerprint density at radius 1 is 1.50 bits per heavy atom. The van der Waals surface area contributed by atoms with Crippen LogP contribution in [-0.4, -0.2) is 31.5 Å². The Bertz CT molecular complexity index is 381. The zero-order valence-corrected chi connectivity index (χ0v) is 10.2. The largest absolute Gasteiger partial charge is 0.465 e. The Morgan fingerprint density at radius 3 is 2.88 bits per heavy atom. The van der Waals surface area contributed by atoms with Crippen LogP contribution in [0.15, 0.2) is 10.8 Å². The second-order valence-corrected chi connectivity index (χ2v) is 3.88. The number of anilines is 1. The smallest absolute Gasteiger partial charge is 0.340 e. The average molecular weight is 263 g/mol. The number of amides is 2. The number of rotatable bonds is 4. The molecule has 0 aliphatic rings. The minimum absolute atomic E-state index is 0.334. The number of alkyl halides is 1. The summed E-state index contributed by atoms with van der Waals surface area (Å²) in [4.78, 5) is 22.6. The summed E-state index contributed by atoms with van der Waals surface area (Å²) >= 11 is 6.72. The van der Waals surface area contributed by atoms with Crippen LogP contribution in [0.25, 0.3) is 0 Å². The van der Waals surface area contributed by atoms with Gasteiger partial charge in [-0.2, -0.15) is 0 Å². The number of urea groups is 1. The predicted molar refractivity (Wildman–Crippen MR) is 63.4 cm³/mol. The van der Waals surface area contributed by atoms with E-state index >= 15 is 0 Å². The van der Waals surface area contributed by atoms with Crippen molar-refractivity contribution in [2.45, 2.75) is 0 Å². The van der Waals surface area contributed by atoms with Gasteiger partial charge in [0.1, 0.15) is 0 Å². The third-order valence-electron chi connectivity index (χ3n) is 1.70. The number of halogens is 1. The third kappa shape index (κ3) is 3.39. The molecule has 0 saturated heterocycles. The van der Waals surface area contributed by atoms with E-state index in [0.29, 0.717) is 23.7 Å². The van der Waals surface area contributed by atoms with Crippen LogP contribution in [0.2, 0.25) is 0 Å². The lowest BCUT2D eigenvalue weighted by Gasteiger charge is -2.06. The van der Waals surface area contributed by atoms with E-state index in [4.69, 9.17) is 11.6 Å². The predicted octanol–water partition coefficient (Wildman–Crippen LogP) is 1.89. The monoisotopic (exact) mass is 262 g/mol. The van der Waals surface area contributed by atoms with Crippen LogP contribution < -0.4 is 10.6 Å². The summed E-state index contributed by atoms with van der Waals surface area (Å²) < 4.78 is 4.57. The number of hydrogen-bond donors (Lipinski definition) is 2. The molecule has 0 unspecified atom stereocenters. The summed E-state index contributed by atoms with van der Waals surface area (Å²) in [6, 6.07) is -0.399. The van der Waals surface area contributed by atoms with Crippen molar-refractivity contribution in [2.24, 2.45) is 0 Å². The molecule has 2 amide bonds. The molecule has 0 radical (unpaired) electrons. The topological polar surface area (TPSA) is 67.4 Å². The lowest BCUT2D eigenvalue weighted by molar-refractivity contribution is 0.0602. The van der Waals surface area contributed by atoms with Gasteiger partial charge in [0.25, 0.3) is 0 Å². The summed E-state index contributed by atoms with van der Waals surface area (Å²) in [6.07, 6.45) is 0. The highest BCUT2D eigenvalue weighted by atomic mass is 35.5. The Balaban J connectivity index is 2.63. The Morgan fingerprint density at radius 2 is 2.25 bits per heavy atom. The van der Waals surface area contributed by atoms with Crippen molar-refractivity contribution in [1.82, 2.24) is 5.32 Å². The Kier molecular flexibility index (Phi) is 5.07. The fourth-order valence-electron chi connectivity index (χ4n) is 0.989. The highest BCUT2D eigenvalue weighted by molar-refractivity contribution is 7.08. The standard InChI is InChI=1S/C9H11ClN2O3S/c1-15-8(13)6-4-16-5-7(6)12-9(14)11-3-2-10/h4-5H,2-3H2,1H3,(H2,11,12,14). The van der Waals surface area contributed by atoms with Crippen LogP contribution in [0.5, 0.6) is 0 Å². The van der Waals surface area contributed by atoms with Crippen molar-refractivity contribution in [3.8, 4) is 0 Å². The summed E-state index contributed by atoms with van der Waals surface area (Å²) in [5.74, 6) is -0.144. The minimum Gasteiger partial charge on any atom is -0.465 e. The Hall–Kier alpha value is -1.27. The van der Waals surface area contributed by atoms with Gasteiger partial charge in [0.15, 0.2) is 0 Å². The number of hydrogen-bond acceptors (Lipinski definition) is 4. The zero-order valence-electron chi connectivity index (χ0n) is 8.58. The molecule has 1 heterocycles. The molecule has 0 aliphatic heterocycles. The Labute approximate surface area is 102 Å². The van der Waals surface area contributed by atoms with Gasteiger partial charge in [0, 0.05) is 23.2 Å². The fourth-order valence-corrected chi connectivity index (χ4v) is 1.83. The van der Waals surface area contributed by atoms with E-state index in [1.165, 1.54) is 18.4 Å². The van der Waals surface area contributed by atoms with Gasteiger partial charge in [-0.3, -0.25) is 0 Å². The molecule has 16 heavy (non-hydrogen) atoms. The van der Waals surface area contributed by atoms with E-state index in [1.807, 2.05) is 0 Å². The van der Waals surface area contributed by atoms with Gasteiger partial charge in [0.05, 0.1) is 18.4 Å². The highest BCUT2D eigenvalue weighted by Gasteiger charge is 2.14. The van der Waals surface area contributed by atoms with Crippen LogP contribution in [0.1, 0.15) is 10.4 Å². The van der Waals surface area contributed by atoms with Crippen molar-refractivity contribution in [3.63, 3.8) is 0 Å². The second kappa shape index (κ2) is 6.34. The van der Waals surface area contributed by atoms with Gasteiger partial charge in [0.2, 0.25) is 0 Å². The SMILES string of the molecule is COC(=O)c1cscc1NC(=O)NCCCl. The minimum atomic E-state index is -0.478. The molecule has 0 aromatic carbocycles. The molecule has 5 nitrogen and oxygen atoms in total. The molecule has 0 spiro atoms. The van der Waals surface area contributed by atoms with Crippen LogP contribution in [0.4, 0.5) is 10.5 Å². The molecule has 88 valence electrons. The first-order chi connectivity index (χ1) is 7.69. The average Bonchev–Trinajstić information content (AvgIpc) is 2.73. The van der Waals surface area contributed by atoms with E-state index < -0.39 is 12.0 Å². The van der Waals surface area contributed by atoms with E-state index in [9.17, 15) is 9.59 Å². The first-order valence-corrected chi connectivity index (χ1v) is 5.92. The second-order valence-electron chi connectivity index (χ2n) is 2.76. The molecule has 1 rings (SSSR count). The fraction of sp³-hybridized carbons (Fsp3) is 0.333. The van der Waals surface area contributed by atoms with Gasteiger partial charge in [-0.15, -0.1) is 22.9 Å². The molecule has 0 bridgehead atoms. The van der Waals surface area contributed by atoms with Gasteiger partial charge in [-0.25, -0.2) is 9.59 Å². The molecule has 0 atom stereocenters. The summed E-state index contributed by atoms with van der Waals surface area (Å²) in [5.41, 5.74) is 0.775. The molecule has 1 aromatic heterocycles. The highest BCUT2D eigenvalue weighted by Crippen LogP contribution is 2.21. The molecular weight excluding hydrogens is 252 g/mol. The van der Waals surface area contributed by atoms with Gasteiger partial charge in [-0.1, -0.05) is 0 Å². The first kappa shape index (κ1) is 12.8. The summed E-state index contributed by atoms with van der Waals surface area (Å²) in [5, 5.41) is 8.34. The maximum absolute atomic E-state index is 11.3. The third-order valence-corrected chi connectivity index (χ3v) is 2.63. The number of methoxy groups -OCH3 is 1. The van der Waals surface area contributed by atoms with Crippen molar-refractivity contribution < 1.29 is 14.3 Å². The molecule has 0 fully saturated rings. The van der Waals surface area contributed by atoms with E-state index in [2.05, 4.69) is 15.4 Å². The first-order valence-electron chi connectivity index (χ1n) is 4.44. The van der Waals surface area contributed by atoms with Gasteiger partial charge < -0.3 is 15.4 Å². The number of ether oxygens (including phenoxy) is 1. The van der Waals surface area contributed by atoms with Crippen molar-refractivity contribution in [2.75, 3.05) is 24.9 Å². The maximum atomic E-state index is 11.3. The summed E-state index contributed by atoms with van der Waals surface area (Å²) in [7, 11) is 1.29. The van der Waals surface area contributed by atoms with Crippen LogP contribution in [0, 0.1) is 0 Å². The lowest BCUT2D eigenvalue weighted by atomic mass is 10.3. The molecule has 0 aliphatic carbocycles. The van der Waals surface area contributed by atoms with Crippen LogP contribution in [0.3, 0.4) is 0 Å². The van der Waals surface area contributed by atoms with Gasteiger partial charge >= 0.3 is 12.0 Å².